The molecule has 0 aromatic heterocycles. The van der Waals surface area contributed by atoms with Crippen LogP contribution in [0.4, 0.5) is 0 Å². The Kier molecular flexibility index (Phi) is 5.97. The van der Waals surface area contributed by atoms with Crippen molar-refractivity contribution in [2.75, 3.05) is 26.7 Å². The van der Waals surface area contributed by atoms with E-state index in [0.717, 1.165) is 12.8 Å². The van der Waals surface area contributed by atoms with E-state index in [4.69, 9.17) is 4.74 Å². The Morgan fingerprint density at radius 2 is 2.00 bits per heavy atom. The number of methoxy groups -OCH3 is 1. The van der Waals surface area contributed by atoms with Gasteiger partial charge in [0.15, 0.2) is 0 Å². The van der Waals surface area contributed by atoms with Crippen molar-refractivity contribution in [1.82, 2.24) is 10.2 Å². The molecule has 1 rings (SSSR count). The zero-order valence-electron chi connectivity index (χ0n) is 10.7. The van der Waals surface area contributed by atoms with Crippen molar-refractivity contribution >= 4 is 11.9 Å². The van der Waals surface area contributed by atoms with E-state index in [1.807, 2.05) is 0 Å². The highest BCUT2D eigenvalue weighted by Gasteiger charge is 2.24. The molecule has 0 unspecified atom stereocenters. The van der Waals surface area contributed by atoms with Crippen LogP contribution in [-0.4, -0.2) is 49.6 Å². The molecule has 0 bridgehead atoms. The van der Waals surface area contributed by atoms with Gasteiger partial charge in [-0.1, -0.05) is 12.8 Å². The molecule has 98 valence electrons. The van der Waals surface area contributed by atoms with Gasteiger partial charge in [-0.05, 0) is 12.8 Å². The van der Waals surface area contributed by atoms with Gasteiger partial charge in [0.2, 0.25) is 5.91 Å². The van der Waals surface area contributed by atoms with Gasteiger partial charge >= 0.3 is 5.97 Å². The maximum Gasteiger partial charge on any atom is 0.319 e. The molecule has 0 atom stereocenters. The zero-order valence-corrected chi connectivity index (χ0v) is 10.7. The topological polar surface area (TPSA) is 58.6 Å². The Balaban J connectivity index is 2.40. The summed E-state index contributed by atoms with van der Waals surface area (Å²) >= 11 is 0. The Hall–Kier alpha value is -1.10. The van der Waals surface area contributed by atoms with Crippen LogP contribution in [0, 0.1) is 0 Å². The van der Waals surface area contributed by atoms with Crippen LogP contribution in [0.25, 0.3) is 0 Å². The highest BCUT2D eigenvalue weighted by molar-refractivity contribution is 5.73. The van der Waals surface area contributed by atoms with E-state index in [1.165, 1.54) is 26.9 Å². The van der Waals surface area contributed by atoms with Crippen molar-refractivity contribution in [2.24, 2.45) is 0 Å². The summed E-state index contributed by atoms with van der Waals surface area (Å²) in [4.78, 5) is 24.2. The summed E-state index contributed by atoms with van der Waals surface area (Å²) in [5.41, 5.74) is 0. The number of rotatable bonds is 6. The fraction of sp³-hybridized carbons (Fsp3) is 0.833. The first-order valence-corrected chi connectivity index (χ1v) is 6.18. The van der Waals surface area contributed by atoms with Crippen LogP contribution in [0.5, 0.6) is 0 Å². The average molecular weight is 242 g/mol. The summed E-state index contributed by atoms with van der Waals surface area (Å²) < 4.78 is 4.70. The zero-order chi connectivity index (χ0) is 12.7. The lowest BCUT2D eigenvalue weighted by Crippen LogP contribution is -2.42. The summed E-state index contributed by atoms with van der Waals surface area (Å²) in [5.74, 6) is -0.242. The number of carbonyl (C=O) groups excluding carboxylic acids is 2. The molecular weight excluding hydrogens is 220 g/mol. The van der Waals surface area contributed by atoms with E-state index in [9.17, 15) is 9.59 Å². The fourth-order valence-electron chi connectivity index (χ4n) is 2.27. The molecule has 0 heterocycles. The van der Waals surface area contributed by atoms with Gasteiger partial charge in [0, 0.05) is 26.1 Å². The molecule has 0 saturated heterocycles. The highest BCUT2D eigenvalue weighted by Crippen LogP contribution is 2.22. The maximum atomic E-state index is 11.3. The van der Waals surface area contributed by atoms with Gasteiger partial charge in [0.1, 0.15) is 0 Å². The highest BCUT2D eigenvalue weighted by atomic mass is 16.5. The van der Waals surface area contributed by atoms with Gasteiger partial charge in [0.25, 0.3) is 0 Å². The molecule has 0 aliphatic heterocycles. The lowest BCUT2D eigenvalue weighted by molar-refractivity contribution is -0.142. The third-order valence-electron chi connectivity index (χ3n) is 3.17. The predicted molar refractivity (Wildman–Crippen MR) is 64.5 cm³/mol. The van der Waals surface area contributed by atoms with Crippen molar-refractivity contribution in [3.63, 3.8) is 0 Å². The van der Waals surface area contributed by atoms with Crippen molar-refractivity contribution < 1.29 is 14.3 Å². The lowest BCUT2D eigenvalue weighted by atomic mass is 10.2. The van der Waals surface area contributed by atoms with Crippen LogP contribution in [0.2, 0.25) is 0 Å². The van der Waals surface area contributed by atoms with Crippen LogP contribution in [-0.2, 0) is 14.3 Å². The summed E-state index contributed by atoms with van der Waals surface area (Å²) in [6.07, 6.45) is 4.72. The second kappa shape index (κ2) is 7.27. The minimum Gasteiger partial charge on any atom is -0.468 e. The summed E-state index contributed by atoms with van der Waals surface area (Å²) in [6, 6.07) is 0.461. The molecular formula is C12H22N2O3. The monoisotopic (exact) mass is 242 g/mol. The van der Waals surface area contributed by atoms with Crippen LogP contribution >= 0.6 is 0 Å². The minimum atomic E-state index is -0.209. The summed E-state index contributed by atoms with van der Waals surface area (Å²) in [5, 5.41) is 2.76. The van der Waals surface area contributed by atoms with E-state index in [1.54, 1.807) is 0 Å². The van der Waals surface area contributed by atoms with Gasteiger partial charge < -0.3 is 10.1 Å². The molecule has 5 heteroatoms. The molecule has 0 spiro atoms. The lowest BCUT2D eigenvalue weighted by Gasteiger charge is -2.27. The van der Waals surface area contributed by atoms with Gasteiger partial charge in [-0.15, -0.1) is 0 Å². The molecule has 1 saturated carbocycles. The number of nitrogens with zero attached hydrogens (tertiary/aromatic N) is 1. The van der Waals surface area contributed by atoms with Crippen molar-refractivity contribution in [3.8, 4) is 0 Å². The number of hydrogen-bond acceptors (Lipinski definition) is 4. The van der Waals surface area contributed by atoms with Crippen molar-refractivity contribution in [1.29, 1.82) is 0 Å². The van der Waals surface area contributed by atoms with Gasteiger partial charge in [-0.3, -0.25) is 14.5 Å². The fourth-order valence-corrected chi connectivity index (χ4v) is 2.27. The molecule has 1 aliphatic carbocycles. The van der Waals surface area contributed by atoms with E-state index >= 15 is 0 Å². The number of hydrogen-bond donors (Lipinski definition) is 1. The van der Waals surface area contributed by atoms with Gasteiger partial charge in [0.05, 0.1) is 13.7 Å². The summed E-state index contributed by atoms with van der Waals surface area (Å²) in [6.45, 7) is 3.11. The summed E-state index contributed by atoms with van der Waals surface area (Å²) in [7, 11) is 1.41. The first-order chi connectivity index (χ1) is 8.13. The molecule has 0 aromatic carbocycles. The Bertz CT molecular complexity index is 262. The van der Waals surface area contributed by atoms with Crippen LogP contribution in [0.1, 0.15) is 32.6 Å². The van der Waals surface area contributed by atoms with Gasteiger partial charge in [-0.2, -0.15) is 0 Å². The van der Waals surface area contributed by atoms with E-state index in [-0.39, 0.29) is 11.9 Å². The molecule has 1 N–H and O–H groups in total. The van der Waals surface area contributed by atoms with Crippen LogP contribution in [0.3, 0.4) is 0 Å². The third kappa shape index (κ3) is 5.17. The Labute approximate surface area is 102 Å². The van der Waals surface area contributed by atoms with Crippen LogP contribution in [0.15, 0.2) is 0 Å². The first-order valence-electron chi connectivity index (χ1n) is 6.18. The van der Waals surface area contributed by atoms with E-state index < -0.39 is 0 Å². The number of amides is 1. The Morgan fingerprint density at radius 1 is 1.35 bits per heavy atom. The SMILES string of the molecule is COC(=O)CN(CCNC(C)=O)C1CCCC1. The minimum absolute atomic E-state index is 0.0329. The number of carbonyl (C=O) groups is 2. The van der Waals surface area contributed by atoms with Crippen molar-refractivity contribution in [2.45, 2.75) is 38.6 Å². The number of esters is 1. The molecule has 17 heavy (non-hydrogen) atoms. The van der Waals surface area contributed by atoms with Crippen molar-refractivity contribution in [3.05, 3.63) is 0 Å². The second-order valence-electron chi connectivity index (χ2n) is 4.47. The third-order valence-corrected chi connectivity index (χ3v) is 3.17. The normalized spacial score (nSPS) is 16.2. The number of ether oxygens (including phenoxy) is 1. The molecule has 5 nitrogen and oxygen atoms in total. The quantitative estimate of drug-likeness (QED) is 0.691. The van der Waals surface area contributed by atoms with Crippen LogP contribution < -0.4 is 5.32 Å². The smallest absolute Gasteiger partial charge is 0.319 e. The van der Waals surface area contributed by atoms with E-state index in [0.29, 0.717) is 25.7 Å². The standard InChI is InChI=1S/C12H22N2O3/c1-10(15)13-7-8-14(9-12(16)17-2)11-5-3-4-6-11/h11H,3-9H2,1-2H3,(H,13,15). The molecule has 1 aliphatic rings. The molecule has 0 aromatic rings. The average Bonchev–Trinajstić information content (AvgIpc) is 2.80. The van der Waals surface area contributed by atoms with E-state index in [2.05, 4.69) is 10.2 Å². The maximum absolute atomic E-state index is 11.3. The molecule has 1 fully saturated rings. The Morgan fingerprint density at radius 3 is 2.53 bits per heavy atom. The number of nitrogens with one attached hydrogen (secondary N) is 1. The molecule has 1 amide bonds. The van der Waals surface area contributed by atoms with Gasteiger partial charge in [-0.25, -0.2) is 0 Å². The second-order valence-corrected chi connectivity index (χ2v) is 4.47. The predicted octanol–water partition coefficient (Wildman–Crippen LogP) is 0.540. The first kappa shape index (κ1) is 14.0. The molecule has 0 radical (unpaired) electrons. The largest absolute Gasteiger partial charge is 0.468 e.